The number of amides is 1. The predicted octanol–water partition coefficient (Wildman–Crippen LogP) is 2.13. The molecule has 2 aliphatic heterocycles. The number of hydrogen-bond acceptors (Lipinski definition) is 7. The molecule has 0 saturated carbocycles. The fourth-order valence-corrected chi connectivity index (χ4v) is 4.06. The smallest absolute Gasteiger partial charge is 0.324 e. The van der Waals surface area contributed by atoms with E-state index < -0.39 is 0 Å². The summed E-state index contributed by atoms with van der Waals surface area (Å²) < 4.78 is 10.7. The number of hydrogen-bond donors (Lipinski definition) is 0. The SMILES string of the molecule is CCN1CCN(C(=O)C2CCN(c3nc(-c4ccc(OC)cc4)no3)CC2)CC1. The second-order valence-corrected chi connectivity index (χ2v) is 7.65. The highest BCUT2D eigenvalue weighted by atomic mass is 16.5. The van der Waals surface area contributed by atoms with Crippen molar-refractivity contribution in [2.45, 2.75) is 19.8 Å². The van der Waals surface area contributed by atoms with Gasteiger partial charge >= 0.3 is 6.01 Å². The number of likely N-dealkylation sites (N-methyl/N-ethyl adjacent to an activating group) is 1. The van der Waals surface area contributed by atoms with Gasteiger partial charge in [0.25, 0.3) is 0 Å². The lowest BCUT2D eigenvalue weighted by atomic mass is 9.95. The number of ether oxygens (including phenoxy) is 1. The Morgan fingerprint density at radius 1 is 1.10 bits per heavy atom. The highest BCUT2D eigenvalue weighted by Gasteiger charge is 2.31. The number of methoxy groups -OCH3 is 1. The van der Waals surface area contributed by atoms with Crippen molar-refractivity contribution in [3.05, 3.63) is 24.3 Å². The van der Waals surface area contributed by atoms with E-state index in [0.29, 0.717) is 17.7 Å². The molecule has 0 spiro atoms. The zero-order chi connectivity index (χ0) is 20.2. The molecule has 0 aliphatic carbocycles. The van der Waals surface area contributed by atoms with E-state index in [1.165, 1.54) is 0 Å². The number of anilines is 1. The fraction of sp³-hybridized carbons (Fsp3) is 0.571. The van der Waals surface area contributed by atoms with Gasteiger partial charge in [-0.05, 0) is 43.7 Å². The van der Waals surface area contributed by atoms with Crippen LogP contribution in [0.5, 0.6) is 5.75 Å². The fourth-order valence-electron chi connectivity index (χ4n) is 4.06. The van der Waals surface area contributed by atoms with Gasteiger partial charge in [-0.2, -0.15) is 4.98 Å². The first-order valence-corrected chi connectivity index (χ1v) is 10.4. The van der Waals surface area contributed by atoms with Crippen LogP contribution in [0.25, 0.3) is 11.4 Å². The topological polar surface area (TPSA) is 74.9 Å². The maximum atomic E-state index is 12.9. The van der Waals surface area contributed by atoms with Gasteiger partial charge in [0.2, 0.25) is 11.7 Å². The van der Waals surface area contributed by atoms with Gasteiger partial charge in [0.1, 0.15) is 5.75 Å². The Labute approximate surface area is 171 Å². The van der Waals surface area contributed by atoms with Crippen LogP contribution in [-0.4, -0.2) is 78.8 Å². The van der Waals surface area contributed by atoms with Gasteiger partial charge in [-0.3, -0.25) is 4.79 Å². The summed E-state index contributed by atoms with van der Waals surface area (Å²) in [5, 5.41) is 4.11. The summed E-state index contributed by atoms with van der Waals surface area (Å²) in [6, 6.07) is 8.11. The molecule has 1 aromatic carbocycles. The van der Waals surface area contributed by atoms with E-state index in [1.807, 2.05) is 29.2 Å². The van der Waals surface area contributed by atoms with E-state index in [4.69, 9.17) is 9.26 Å². The maximum absolute atomic E-state index is 12.9. The molecule has 2 aliphatic rings. The van der Waals surface area contributed by atoms with Gasteiger partial charge in [0.15, 0.2) is 0 Å². The molecule has 1 aromatic heterocycles. The van der Waals surface area contributed by atoms with Crippen LogP contribution in [0.15, 0.2) is 28.8 Å². The molecule has 2 saturated heterocycles. The van der Waals surface area contributed by atoms with Crippen molar-refractivity contribution in [3.8, 4) is 17.1 Å². The van der Waals surface area contributed by atoms with Gasteiger partial charge in [-0.25, -0.2) is 0 Å². The molecule has 0 radical (unpaired) electrons. The molecule has 2 fully saturated rings. The van der Waals surface area contributed by atoms with Gasteiger partial charge < -0.3 is 24.0 Å². The Morgan fingerprint density at radius 2 is 1.79 bits per heavy atom. The first-order valence-electron chi connectivity index (χ1n) is 10.4. The monoisotopic (exact) mass is 399 g/mol. The third-order valence-corrected chi connectivity index (χ3v) is 6.01. The summed E-state index contributed by atoms with van der Waals surface area (Å²) in [6.07, 6.45) is 1.65. The van der Waals surface area contributed by atoms with Crippen LogP contribution in [0.1, 0.15) is 19.8 Å². The third kappa shape index (κ3) is 4.37. The van der Waals surface area contributed by atoms with Crippen LogP contribution in [-0.2, 0) is 4.79 Å². The molecule has 8 heteroatoms. The Bertz CT molecular complexity index is 806. The van der Waals surface area contributed by atoms with Gasteiger partial charge in [-0.15, -0.1) is 0 Å². The maximum Gasteiger partial charge on any atom is 0.324 e. The Hall–Kier alpha value is -2.61. The summed E-state index contributed by atoms with van der Waals surface area (Å²) in [6.45, 7) is 8.41. The Kier molecular flexibility index (Phi) is 5.99. The second-order valence-electron chi connectivity index (χ2n) is 7.65. The summed E-state index contributed by atoms with van der Waals surface area (Å²) in [5.41, 5.74) is 0.886. The summed E-state index contributed by atoms with van der Waals surface area (Å²) >= 11 is 0. The molecule has 8 nitrogen and oxygen atoms in total. The van der Waals surface area contributed by atoms with Crippen LogP contribution >= 0.6 is 0 Å². The highest BCUT2D eigenvalue weighted by Crippen LogP contribution is 2.26. The first-order chi connectivity index (χ1) is 14.2. The quantitative estimate of drug-likeness (QED) is 0.762. The number of carbonyl (C=O) groups excluding carboxylic acids is 1. The highest BCUT2D eigenvalue weighted by molar-refractivity contribution is 5.79. The molecule has 1 amide bonds. The van der Waals surface area contributed by atoms with E-state index in [9.17, 15) is 4.79 Å². The van der Waals surface area contributed by atoms with Crippen LogP contribution in [0.4, 0.5) is 6.01 Å². The summed E-state index contributed by atoms with van der Waals surface area (Å²) in [5.74, 6) is 1.77. The van der Waals surface area contributed by atoms with E-state index >= 15 is 0 Å². The minimum absolute atomic E-state index is 0.100. The lowest BCUT2D eigenvalue weighted by Gasteiger charge is -2.38. The normalized spacial score (nSPS) is 18.8. The number of aromatic nitrogens is 2. The van der Waals surface area contributed by atoms with Crippen molar-refractivity contribution in [2.24, 2.45) is 5.92 Å². The lowest BCUT2D eigenvalue weighted by molar-refractivity contribution is -0.138. The van der Waals surface area contributed by atoms with Crippen LogP contribution in [0, 0.1) is 5.92 Å². The number of nitrogens with zero attached hydrogens (tertiary/aromatic N) is 5. The standard InChI is InChI=1S/C21H29N5O3/c1-3-24-12-14-25(15-13-24)20(27)17-8-10-26(11-9-17)21-22-19(23-29-21)16-4-6-18(28-2)7-5-16/h4-7,17H,3,8-15H2,1-2H3. The number of rotatable bonds is 5. The first kappa shape index (κ1) is 19.7. The number of benzene rings is 1. The van der Waals surface area contributed by atoms with Crippen molar-refractivity contribution in [1.82, 2.24) is 19.9 Å². The zero-order valence-corrected chi connectivity index (χ0v) is 17.2. The molecule has 156 valence electrons. The van der Waals surface area contributed by atoms with Crippen molar-refractivity contribution in [2.75, 3.05) is 57.8 Å². The predicted molar refractivity (Wildman–Crippen MR) is 110 cm³/mol. The lowest BCUT2D eigenvalue weighted by Crippen LogP contribution is -2.51. The molecule has 0 unspecified atom stereocenters. The number of piperidine rings is 1. The minimum Gasteiger partial charge on any atom is -0.497 e. The average molecular weight is 399 g/mol. The number of carbonyl (C=O) groups is 1. The molecular formula is C21H29N5O3. The van der Waals surface area contributed by atoms with Gasteiger partial charge in [-0.1, -0.05) is 12.1 Å². The van der Waals surface area contributed by atoms with Gasteiger partial charge in [0.05, 0.1) is 7.11 Å². The molecule has 29 heavy (non-hydrogen) atoms. The van der Waals surface area contributed by atoms with Gasteiger partial charge in [0, 0.05) is 50.7 Å². The zero-order valence-electron chi connectivity index (χ0n) is 17.2. The molecule has 3 heterocycles. The summed E-state index contributed by atoms with van der Waals surface area (Å²) in [7, 11) is 1.64. The third-order valence-electron chi connectivity index (χ3n) is 6.01. The number of piperazine rings is 1. The van der Waals surface area contributed by atoms with Crippen molar-refractivity contribution in [1.29, 1.82) is 0 Å². The molecule has 0 bridgehead atoms. The average Bonchev–Trinajstić information content (AvgIpc) is 3.29. The molecule has 4 rings (SSSR count). The largest absolute Gasteiger partial charge is 0.497 e. The van der Waals surface area contributed by atoms with E-state index in [-0.39, 0.29) is 5.92 Å². The van der Waals surface area contributed by atoms with Crippen molar-refractivity contribution in [3.63, 3.8) is 0 Å². The van der Waals surface area contributed by atoms with Crippen molar-refractivity contribution < 1.29 is 14.1 Å². The second kappa shape index (κ2) is 8.82. The minimum atomic E-state index is 0.100. The molecule has 2 aromatic rings. The van der Waals surface area contributed by atoms with E-state index in [1.54, 1.807) is 7.11 Å². The molecular weight excluding hydrogens is 370 g/mol. The Balaban J connectivity index is 1.31. The Morgan fingerprint density at radius 3 is 2.41 bits per heavy atom. The molecule has 0 atom stereocenters. The van der Waals surface area contributed by atoms with Crippen LogP contribution in [0.2, 0.25) is 0 Å². The van der Waals surface area contributed by atoms with E-state index in [2.05, 4.69) is 26.9 Å². The molecule has 0 N–H and O–H groups in total. The van der Waals surface area contributed by atoms with Crippen molar-refractivity contribution >= 4 is 11.9 Å². The van der Waals surface area contributed by atoms with Crippen LogP contribution < -0.4 is 9.64 Å². The van der Waals surface area contributed by atoms with E-state index in [0.717, 1.165) is 70.0 Å². The summed E-state index contributed by atoms with van der Waals surface area (Å²) in [4.78, 5) is 23.9. The van der Waals surface area contributed by atoms with Crippen LogP contribution in [0.3, 0.4) is 0 Å².